The molecule has 0 bridgehead atoms. The molecule has 1 saturated carbocycles. The number of nitrogens with zero attached hydrogens (tertiary/aromatic N) is 2. The van der Waals surface area contributed by atoms with E-state index >= 15 is 0 Å². The molecule has 1 saturated heterocycles. The number of methoxy groups -OCH3 is 1. The van der Waals surface area contributed by atoms with Gasteiger partial charge in [0.15, 0.2) is 5.78 Å². The van der Waals surface area contributed by atoms with Crippen LogP contribution in [0.25, 0.3) is 0 Å². The highest BCUT2D eigenvalue weighted by Crippen LogP contribution is 2.32. The average molecular weight is 288 g/mol. The van der Waals surface area contributed by atoms with E-state index in [4.69, 9.17) is 4.74 Å². The zero-order chi connectivity index (χ0) is 14.8. The number of carbonyl (C=O) groups is 1. The normalized spacial score (nSPS) is 19.6. The van der Waals surface area contributed by atoms with E-state index in [1.54, 1.807) is 14.0 Å². The summed E-state index contributed by atoms with van der Waals surface area (Å²) in [6, 6.07) is 5.87. The predicted molar refractivity (Wildman–Crippen MR) is 84.4 cm³/mol. The molecule has 0 spiro atoms. The van der Waals surface area contributed by atoms with E-state index in [-0.39, 0.29) is 5.78 Å². The molecule has 4 nitrogen and oxygen atoms in total. The van der Waals surface area contributed by atoms with Gasteiger partial charge in [0.2, 0.25) is 0 Å². The van der Waals surface area contributed by atoms with Crippen molar-refractivity contribution in [1.82, 2.24) is 4.90 Å². The molecule has 0 radical (unpaired) electrons. The summed E-state index contributed by atoms with van der Waals surface area (Å²) in [6.45, 7) is 7.02. The maximum absolute atomic E-state index is 12.0. The molecule has 0 aromatic heterocycles. The lowest BCUT2D eigenvalue weighted by molar-refractivity contribution is 0.101. The van der Waals surface area contributed by atoms with Gasteiger partial charge in [0.05, 0.1) is 18.4 Å². The van der Waals surface area contributed by atoms with Gasteiger partial charge in [-0.2, -0.15) is 0 Å². The Morgan fingerprint density at radius 1 is 1.24 bits per heavy atom. The lowest BCUT2D eigenvalue weighted by atomic mass is 10.1. The van der Waals surface area contributed by atoms with E-state index in [9.17, 15) is 4.79 Å². The largest absolute Gasteiger partial charge is 0.496 e. The number of piperazine rings is 1. The number of rotatable bonds is 5. The van der Waals surface area contributed by atoms with Crippen molar-refractivity contribution in [3.05, 3.63) is 23.8 Å². The van der Waals surface area contributed by atoms with E-state index in [1.165, 1.54) is 19.4 Å². The molecule has 1 aromatic carbocycles. The monoisotopic (exact) mass is 288 g/mol. The summed E-state index contributed by atoms with van der Waals surface area (Å²) in [6.07, 6.45) is 2.81. The Bertz CT molecular complexity index is 518. The van der Waals surface area contributed by atoms with Crippen molar-refractivity contribution < 1.29 is 9.53 Å². The van der Waals surface area contributed by atoms with Gasteiger partial charge in [-0.25, -0.2) is 0 Å². The SMILES string of the molecule is COc1cccc(N2CCN(CC3CC3)CC2)c1C(C)=O. The van der Waals surface area contributed by atoms with Crippen LogP contribution in [0.4, 0.5) is 5.69 Å². The second-order valence-electron chi connectivity index (χ2n) is 6.14. The van der Waals surface area contributed by atoms with Gasteiger partial charge in [-0.15, -0.1) is 0 Å². The minimum atomic E-state index is 0.0721. The number of hydrogen-bond acceptors (Lipinski definition) is 4. The molecule has 1 heterocycles. The van der Waals surface area contributed by atoms with Crippen molar-refractivity contribution in [2.24, 2.45) is 5.92 Å². The van der Waals surface area contributed by atoms with Gasteiger partial charge in [0, 0.05) is 32.7 Å². The van der Waals surface area contributed by atoms with Crippen molar-refractivity contribution in [1.29, 1.82) is 0 Å². The standard InChI is InChI=1S/C17H24N2O2/c1-13(20)17-15(4-3-5-16(17)21-2)19-10-8-18(9-11-19)12-14-6-7-14/h3-5,14H,6-12H2,1-2H3. The summed E-state index contributed by atoms with van der Waals surface area (Å²) in [7, 11) is 1.62. The Hall–Kier alpha value is -1.55. The molecule has 0 amide bonds. The van der Waals surface area contributed by atoms with Gasteiger partial charge < -0.3 is 9.64 Å². The van der Waals surface area contributed by atoms with Crippen molar-refractivity contribution in [3.63, 3.8) is 0 Å². The lowest BCUT2D eigenvalue weighted by Crippen LogP contribution is -2.47. The topological polar surface area (TPSA) is 32.8 Å². The Labute approximate surface area is 126 Å². The van der Waals surface area contributed by atoms with E-state index in [2.05, 4.69) is 9.80 Å². The van der Waals surface area contributed by atoms with Crippen LogP contribution in [0.1, 0.15) is 30.1 Å². The highest BCUT2D eigenvalue weighted by Gasteiger charge is 2.27. The van der Waals surface area contributed by atoms with Crippen LogP contribution in [0.2, 0.25) is 0 Å². The third kappa shape index (κ3) is 3.21. The first-order valence-electron chi connectivity index (χ1n) is 7.84. The number of Topliss-reactive ketones (excluding diaryl/α,β-unsaturated/α-hetero) is 1. The Kier molecular flexibility index (Phi) is 4.15. The third-order valence-electron chi connectivity index (χ3n) is 4.50. The number of anilines is 1. The van der Waals surface area contributed by atoms with Crippen LogP contribution >= 0.6 is 0 Å². The van der Waals surface area contributed by atoms with Crippen molar-refractivity contribution in [2.45, 2.75) is 19.8 Å². The van der Waals surface area contributed by atoms with Crippen molar-refractivity contribution in [3.8, 4) is 5.75 Å². The molecule has 1 aliphatic heterocycles. The van der Waals surface area contributed by atoms with E-state index in [0.717, 1.165) is 43.3 Å². The first kappa shape index (κ1) is 14.4. The van der Waals surface area contributed by atoms with Crippen LogP contribution in [0.3, 0.4) is 0 Å². The third-order valence-corrected chi connectivity index (χ3v) is 4.50. The summed E-state index contributed by atoms with van der Waals surface area (Å²) in [5.74, 6) is 1.70. The zero-order valence-corrected chi connectivity index (χ0v) is 13.0. The molecular weight excluding hydrogens is 264 g/mol. The minimum absolute atomic E-state index is 0.0721. The summed E-state index contributed by atoms with van der Waals surface area (Å²) in [5.41, 5.74) is 1.74. The van der Waals surface area contributed by atoms with E-state index < -0.39 is 0 Å². The van der Waals surface area contributed by atoms with Gasteiger partial charge in [0.1, 0.15) is 5.75 Å². The summed E-state index contributed by atoms with van der Waals surface area (Å²) < 4.78 is 5.36. The molecule has 2 aliphatic rings. The van der Waals surface area contributed by atoms with Crippen LogP contribution < -0.4 is 9.64 Å². The van der Waals surface area contributed by atoms with Gasteiger partial charge in [-0.05, 0) is 37.8 Å². The molecular formula is C17H24N2O2. The second-order valence-corrected chi connectivity index (χ2v) is 6.14. The van der Waals surface area contributed by atoms with Crippen LogP contribution in [0.5, 0.6) is 5.75 Å². The van der Waals surface area contributed by atoms with Crippen LogP contribution in [0.15, 0.2) is 18.2 Å². The van der Waals surface area contributed by atoms with E-state index in [0.29, 0.717) is 5.75 Å². The molecule has 2 fully saturated rings. The fourth-order valence-electron chi connectivity index (χ4n) is 3.14. The van der Waals surface area contributed by atoms with Gasteiger partial charge in [0.25, 0.3) is 0 Å². The number of hydrogen-bond donors (Lipinski definition) is 0. The first-order valence-corrected chi connectivity index (χ1v) is 7.84. The van der Waals surface area contributed by atoms with Gasteiger partial charge in [-0.3, -0.25) is 9.69 Å². The maximum Gasteiger partial charge on any atom is 0.165 e. The molecule has 3 rings (SSSR count). The van der Waals surface area contributed by atoms with Crippen LogP contribution in [-0.2, 0) is 0 Å². The number of ether oxygens (including phenoxy) is 1. The molecule has 0 unspecified atom stereocenters. The molecule has 4 heteroatoms. The fraction of sp³-hybridized carbons (Fsp3) is 0.588. The average Bonchev–Trinajstić information content (AvgIpc) is 3.31. The minimum Gasteiger partial charge on any atom is -0.496 e. The highest BCUT2D eigenvalue weighted by atomic mass is 16.5. The van der Waals surface area contributed by atoms with Crippen molar-refractivity contribution in [2.75, 3.05) is 44.7 Å². The second kappa shape index (κ2) is 6.06. The smallest absolute Gasteiger partial charge is 0.165 e. The Balaban J connectivity index is 1.73. The maximum atomic E-state index is 12.0. The van der Waals surface area contributed by atoms with Gasteiger partial charge in [-0.1, -0.05) is 6.07 Å². The Morgan fingerprint density at radius 2 is 1.95 bits per heavy atom. The molecule has 1 aliphatic carbocycles. The highest BCUT2D eigenvalue weighted by molar-refractivity contribution is 6.02. The lowest BCUT2D eigenvalue weighted by Gasteiger charge is -2.37. The van der Waals surface area contributed by atoms with Crippen molar-refractivity contribution >= 4 is 11.5 Å². The molecule has 21 heavy (non-hydrogen) atoms. The van der Waals surface area contributed by atoms with Gasteiger partial charge >= 0.3 is 0 Å². The molecule has 0 N–H and O–H groups in total. The van der Waals surface area contributed by atoms with Crippen LogP contribution in [0, 0.1) is 5.92 Å². The molecule has 0 atom stereocenters. The summed E-state index contributed by atoms with van der Waals surface area (Å²) >= 11 is 0. The first-order chi connectivity index (χ1) is 10.2. The van der Waals surface area contributed by atoms with Crippen LogP contribution in [-0.4, -0.2) is 50.5 Å². The Morgan fingerprint density at radius 3 is 2.52 bits per heavy atom. The summed E-state index contributed by atoms with van der Waals surface area (Å²) in [4.78, 5) is 16.9. The quantitative estimate of drug-likeness (QED) is 0.779. The number of benzene rings is 1. The molecule has 114 valence electrons. The number of carbonyl (C=O) groups excluding carboxylic acids is 1. The van der Waals surface area contributed by atoms with E-state index in [1.807, 2.05) is 18.2 Å². The number of ketones is 1. The zero-order valence-electron chi connectivity index (χ0n) is 13.0. The summed E-state index contributed by atoms with van der Waals surface area (Å²) in [5, 5.41) is 0. The fourth-order valence-corrected chi connectivity index (χ4v) is 3.14. The molecule has 1 aromatic rings. The predicted octanol–water partition coefficient (Wildman–Crippen LogP) is 2.43.